The summed E-state index contributed by atoms with van der Waals surface area (Å²) in [6, 6.07) is 2.06. The molecule has 0 aromatic carbocycles. The molecule has 0 radical (unpaired) electrons. The van der Waals surface area contributed by atoms with Gasteiger partial charge in [-0.1, -0.05) is 0 Å². The molecule has 4 nitrogen and oxygen atoms in total. The van der Waals surface area contributed by atoms with Gasteiger partial charge in [0.25, 0.3) is 0 Å². The fourth-order valence-corrected chi connectivity index (χ4v) is 3.07. The largest absolute Gasteiger partial charge is 0.225 e. The Morgan fingerprint density at radius 1 is 1.41 bits per heavy atom. The third-order valence-electron chi connectivity index (χ3n) is 2.24. The first-order valence-electron chi connectivity index (χ1n) is 4.78. The van der Waals surface area contributed by atoms with E-state index in [2.05, 4.69) is 43.7 Å². The van der Waals surface area contributed by atoms with E-state index >= 15 is 0 Å². The fraction of sp³-hybridized carbons (Fsp3) is 0.100. The number of fused-ring (bicyclic) bond motifs is 1. The predicted octanol–water partition coefficient (Wildman–Crippen LogP) is 3.44. The van der Waals surface area contributed by atoms with Crippen molar-refractivity contribution in [2.24, 2.45) is 0 Å². The summed E-state index contributed by atoms with van der Waals surface area (Å²) in [5.41, 5.74) is 0. The average molecular weight is 377 g/mol. The molecule has 0 aliphatic rings. The number of nitrogens with zero attached hydrogens (tertiary/aromatic N) is 4. The van der Waals surface area contributed by atoms with Crippen LogP contribution < -0.4 is 0 Å². The number of aryl methyl sites for hydroxylation is 1. The van der Waals surface area contributed by atoms with Gasteiger partial charge in [0.05, 0.1) is 15.2 Å². The van der Waals surface area contributed by atoms with Gasteiger partial charge in [-0.25, -0.2) is 9.67 Å². The number of thiophene rings is 1. The molecular formula is C10H6ClIN4S. The van der Waals surface area contributed by atoms with E-state index in [-0.39, 0.29) is 5.28 Å². The van der Waals surface area contributed by atoms with Crippen molar-refractivity contribution in [1.29, 1.82) is 0 Å². The summed E-state index contributed by atoms with van der Waals surface area (Å²) in [7, 11) is 0. The average Bonchev–Trinajstić information content (AvgIpc) is 2.82. The maximum Gasteiger partial charge on any atom is 0.225 e. The fourth-order valence-electron chi connectivity index (χ4n) is 1.59. The van der Waals surface area contributed by atoms with Gasteiger partial charge in [0.15, 0.2) is 5.82 Å². The topological polar surface area (TPSA) is 43.6 Å². The first kappa shape index (κ1) is 11.4. The Morgan fingerprint density at radius 3 is 2.94 bits per heavy atom. The molecule has 0 amide bonds. The van der Waals surface area contributed by atoms with Gasteiger partial charge in [-0.15, -0.1) is 11.3 Å². The number of aromatic nitrogens is 4. The lowest BCUT2D eigenvalue weighted by Gasteiger charge is -2.01. The van der Waals surface area contributed by atoms with Gasteiger partial charge in [0.2, 0.25) is 5.28 Å². The van der Waals surface area contributed by atoms with E-state index in [4.69, 9.17) is 11.6 Å². The Balaban J connectivity index is 2.34. The van der Waals surface area contributed by atoms with Crippen LogP contribution in [0.4, 0.5) is 0 Å². The lowest BCUT2D eigenvalue weighted by Crippen LogP contribution is -1.99. The van der Waals surface area contributed by atoms with Crippen molar-refractivity contribution in [2.75, 3.05) is 0 Å². The van der Waals surface area contributed by atoms with Gasteiger partial charge in [0.1, 0.15) is 4.83 Å². The summed E-state index contributed by atoms with van der Waals surface area (Å²) in [5, 5.41) is 5.48. The van der Waals surface area contributed by atoms with Crippen LogP contribution >= 0.6 is 45.5 Å². The summed E-state index contributed by atoms with van der Waals surface area (Å²) in [6.07, 6.45) is 3.69. The van der Waals surface area contributed by atoms with Crippen LogP contribution in [-0.4, -0.2) is 19.7 Å². The number of halogens is 2. The monoisotopic (exact) mass is 376 g/mol. The van der Waals surface area contributed by atoms with Gasteiger partial charge in [-0.05, 0) is 47.2 Å². The summed E-state index contributed by atoms with van der Waals surface area (Å²) in [5.74, 6) is 0.729. The second kappa shape index (κ2) is 4.18. The third-order valence-corrected chi connectivity index (χ3v) is 3.91. The zero-order valence-corrected chi connectivity index (χ0v) is 12.4. The smallest absolute Gasteiger partial charge is 0.221 e. The Kier molecular flexibility index (Phi) is 2.80. The molecule has 0 saturated carbocycles. The summed E-state index contributed by atoms with van der Waals surface area (Å²) in [6.45, 7) is 2.04. The summed E-state index contributed by atoms with van der Waals surface area (Å²) < 4.78 is 2.78. The normalized spacial score (nSPS) is 11.2. The van der Waals surface area contributed by atoms with Crippen LogP contribution in [0.25, 0.3) is 16.0 Å². The molecule has 3 heterocycles. The van der Waals surface area contributed by atoms with Crippen LogP contribution in [0.15, 0.2) is 18.5 Å². The molecule has 86 valence electrons. The second-order valence-corrected chi connectivity index (χ2v) is 6.31. The molecule has 3 aromatic rings. The van der Waals surface area contributed by atoms with Crippen LogP contribution in [0.3, 0.4) is 0 Å². The van der Waals surface area contributed by atoms with Crippen LogP contribution in [0.5, 0.6) is 0 Å². The van der Waals surface area contributed by atoms with Crippen LogP contribution in [0.2, 0.25) is 5.28 Å². The maximum atomic E-state index is 5.93. The number of hydrogen-bond acceptors (Lipinski definition) is 4. The minimum atomic E-state index is 0.250. The first-order chi connectivity index (χ1) is 8.13. The lowest BCUT2D eigenvalue weighted by atomic mass is 10.3. The zero-order valence-electron chi connectivity index (χ0n) is 8.69. The molecule has 3 aromatic heterocycles. The van der Waals surface area contributed by atoms with E-state index in [1.54, 1.807) is 22.2 Å². The Morgan fingerprint density at radius 2 is 2.24 bits per heavy atom. The van der Waals surface area contributed by atoms with Gasteiger partial charge >= 0.3 is 0 Å². The second-order valence-electron chi connectivity index (χ2n) is 3.50. The molecule has 0 aliphatic carbocycles. The molecule has 0 bridgehead atoms. The van der Waals surface area contributed by atoms with Crippen molar-refractivity contribution in [3.05, 3.63) is 32.2 Å². The molecule has 7 heteroatoms. The quantitative estimate of drug-likeness (QED) is 0.483. The highest BCUT2D eigenvalue weighted by molar-refractivity contribution is 14.1. The van der Waals surface area contributed by atoms with E-state index in [1.165, 1.54) is 4.88 Å². The Labute approximate surface area is 120 Å². The van der Waals surface area contributed by atoms with Crippen molar-refractivity contribution < 1.29 is 0 Å². The molecule has 0 unspecified atom stereocenters. The Hall–Kier alpha value is -0.730. The minimum Gasteiger partial charge on any atom is -0.221 e. The SMILES string of the molecule is Cc1cc2c(-n3cc(I)cn3)nc(Cl)nc2s1. The number of hydrogen-bond donors (Lipinski definition) is 0. The maximum absolute atomic E-state index is 5.93. The minimum absolute atomic E-state index is 0.250. The standard InChI is InChI=1S/C10H6ClIN4S/c1-5-2-7-8(16-4-6(12)3-13-16)14-10(11)15-9(7)17-5/h2-4H,1H3. The van der Waals surface area contributed by atoms with Crippen LogP contribution in [0.1, 0.15) is 4.88 Å². The molecule has 0 fully saturated rings. The van der Waals surface area contributed by atoms with Gasteiger partial charge < -0.3 is 0 Å². The molecular weight excluding hydrogens is 371 g/mol. The lowest BCUT2D eigenvalue weighted by molar-refractivity contribution is 0.851. The van der Waals surface area contributed by atoms with Crippen molar-refractivity contribution in [3.63, 3.8) is 0 Å². The van der Waals surface area contributed by atoms with Crippen molar-refractivity contribution in [1.82, 2.24) is 19.7 Å². The molecule has 0 N–H and O–H groups in total. The highest BCUT2D eigenvalue weighted by Gasteiger charge is 2.12. The molecule has 0 saturated heterocycles. The van der Waals surface area contributed by atoms with Gasteiger partial charge in [0, 0.05) is 11.1 Å². The highest BCUT2D eigenvalue weighted by Crippen LogP contribution is 2.28. The van der Waals surface area contributed by atoms with E-state index in [0.717, 1.165) is 19.6 Å². The molecule has 0 aliphatic heterocycles. The van der Waals surface area contributed by atoms with E-state index in [9.17, 15) is 0 Å². The van der Waals surface area contributed by atoms with Gasteiger partial charge in [-0.2, -0.15) is 10.1 Å². The zero-order chi connectivity index (χ0) is 12.0. The van der Waals surface area contributed by atoms with Gasteiger partial charge in [-0.3, -0.25) is 0 Å². The molecule has 0 spiro atoms. The first-order valence-corrected chi connectivity index (χ1v) is 7.05. The number of rotatable bonds is 1. The van der Waals surface area contributed by atoms with E-state index < -0.39 is 0 Å². The van der Waals surface area contributed by atoms with Crippen molar-refractivity contribution >= 4 is 55.7 Å². The summed E-state index contributed by atoms with van der Waals surface area (Å²) in [4.78, 5) is 10.5. The van der Waals surface area contributed by atoms with Crippen molar-refractivity contribution in [2.45, 2.75) is 6.92 Å². The third kappa shape index (κ3) is 2.04. The molecule has 0 atom stereocenters. The molecule has 3 rings (SSSR count). The predicted molar refractivity (Wildman–Crippen MR) is 77.0 cm³/mol. The molecule has 17 heavy (non-hydrogen) atoms. The Bertz CT molecular complexity index is 705. The van der Waals surface area contributed by atoms with E-state index in [1.807, 2.05) is 13.1 Å². The van der Waals surface area contributed by atoms with Crippen LogP contribution in [-0.2, 0) is 0 Å². The van der Waals surface area contributed by atoms with Crippen LogP contribution in [0, 0.1) is 10.5 Å². The summed E-state index contributed by atoms with van der Waals surface area (Å²) >= 11 is 9.74. The highest BCUT2D eigenvalue weighted by atomic mass is 127. The van der Waals surface area contributed by atoms with E-state index in [0.29, 0.717) is 0 Å². The van der Waals surface area contributed by atoms with Crippen molar-refractivity contribution in [3.8, 4) is 5.82 Å².